The normalized spacial score (nSPS) is 19.2. The van der Waals surface area contributed by atoms with Crippen molar-refractivity contribution < 1.29 is 9.53 Å². The van der Waals surface area contributed by atoms with Crippen LogP contribution in [-0.2, 0) is 17.8 Å². The molecule has 0 radical (unpaired) electrons. The van der Waals surface area contributed by atoms with Gasteiger partial charge in [-0.25, -0.2) is 0 Å². The van der Waals surface area contributed by atoms with Gasteiger partial charge in [0.25, 0.3) is 0 Å². The number of primary amides is 1. The molecule has 2 aromatic carbocycles. The van der Waals surface area contributed by atoms with Crippen molar-refractivity contribution >= 4 is 23.7 Å². The highest BCUT2D eigenvalue weighted by atomic mass is 35.5. The number of halogens is 1. The molecule has 2 N–H and O–H groups in total. The number of hydrogen-bond donors (Lipinski definition) is 1. The molecule has 1 heterocycles. The first-order valence-corrected chi connectivity index (χ1v) is 9.32. The van der Waals surface area contributed by atoms with Crippen LogP contribution in [0.1, 0.15) is 24.5 Å². The minimum atomic E-state index is -0.405. The smallest absolute Gasteiger partial charge is 0.220 e. The fourth-order valence-corrected chi connectivity index (χ4v) is 3.45. The molecule has 5 heteroatoms. The fraction of sp³-hybridized carbons (Fsp3) is 0.273. The molecule has 0 aromatic heterocycles. The van der Waals surface area contributed by atoms with Gasteiger partial charge in [0, 0.05) is 23.6 Å². The largest absolute Gasteiger partial charge is 0.489 e. The van der Waals surface area contributed by atoms with Gasteiger partial charge in [0.15, 0.2) is 0 Å². The Bertz CT molecular complexity index is 847. The van der Waals surface area contributed by atoms with Crippen LogP contribution in [0.4, 0.5) is 0 Å². The van der Waals surface area contributed by atoms with E-state index in [1.165, 1.54) is 0 Å². The Hall–Kier alpha value is -2.59. The van der Waals surface area contributed by atoms with Gasteiger partial charge in [-0.3, -0.25) is 9.79 Å². The van der Waals surface area contributed by atoms with Crippen LogP contribution in [0.15, 0.2) is 65.7 Å². The topological polar surface area (TPSA) is 64.7 Å². The van der Waals surface area contributed by atoms with Crippen LogP contribution in [0.3, 0.4) is 0 Å². The van der Waals surface area contributed by atoms with E-state index in [1.54, 1.807) is 6.21 Å². The molecule has 140 valence electrons. The number of ether oxygens (including phenoxy) is 1. The van der Waals surface area contributed by atoms with Crippen molar-refractivity contribution in [2.45, 2.75) is 31.9 Å². The molecule has 0 saturated carbocycles. The molecule has 2 unspecified atom stereocenters. The Morgan fingerprint density at radius 2 is 2.00 bits per heavy atom. The van der Waals surface area contributed by atoms with Crippen molar-refractivity contribution in [2.75, 3.05) is 0 Å². The van der Waals surface area contributed by atoms with Crippen molar-refractivity contribution in [2.24, 2.45) is 16.6 Å². The predicted octanol–water partition coefficient (Wildman–Crippen LogP) is 4.35. The number of benzene rings is 2. The molecule has 3 rings (SSSR count). The van der Waals surface area contributed by atoms with E-state index >= 15 is 0 Å². The number of nitrogens with two attached hydrogens (primary N) is 1. The number of aliphatic imine (C=N–C) groups is 1. The molecule has 0 bridgehead atoms. The number of carbonyl (C=O) groups excluding carboxylic acids is 1. The van der Waals surface area contributed by atoms with E-state index in [4.69, 9.17) is 22.1 Å². The second kappa shape index (κ2) is 8.40. The van der Waals surface area contributed by atoms with Gasteiger partial charge in [0.2, 0.25) is 5.91 Å². The standard InChI is InChI=1S/C22H23ClN2O2/c1-16(21(24)26)13-22(10-3-11-25-22)14-17-6-8-20(9-7-17)27-15-18-4-2-5-19(23)12-18/h2-12,16H,13-15H2,1H3,(H2,24,26). The van der Waals surface area contributed by atoms with Crippen LogP contribution in [0.25, 0.3) is 0 Å². The molecule has 1 amide bonds. The van der Waals surface area contributed by atoms with E-state index in [0.717, 1.165) is 16.9 Å². The summed E-state index contributed by atoms with van der Waals surface area (Å²) in [4.78, 5) is 16.1. The van der Waals surface area contributed by atoms with E-state index in [-0.39, 0.29) is 11.8 Å². The lowest BCUT2D eigenvalue weighted by Crippen LogP contribution is -2.33. The quantitative estimate of drug-likeness (QED) is 0.737. The molecular weight excluding hydrogens is 360 g/mol. The van der Waals surface area contributed by atoms with Crippen LogP contribution >= 0.6 is 11.6 Å². The number of allylic oxidation sites excluding steroid dienone is 1. The summed E-state index contributed by atoms with van der Waals surface area (Å²) < 4.78 is 5.83. The monoisotopic (exact) mass is 382 g/mol. The summed E-state index contributed by atoms with van der Waals surface area (Å²) in [6, 6.07) is 15.6. The summed E-state index contributed by atoms with van der Waals surface area (Å²) in [6.07, 6.45) is 7.08. The lowest BCUT2D eigenvalue weighted by atomic mass is 9.83. The van der Waals surface area contributed by atoms with Crippen LogP contribution in [-0.4, -0.2) is 17.7 Å². The second-order valence-electron chi connectivity index (χ2n) is 6.99. The highest BCUT2D eigenvalue weighted by Gasteiger charge is 2.31. The summed E-state index contributed by atoms with van der Waals surface area (Å²) in [7, 11) is 0. The van der Waals surface area contributed by atoms with Crippen molar-refractivity contribution in [1.29, 1.82) is 0 Å². The molecule has 0 fully saturated rings. The third-order valence-corrected chi connectivity index (χ3v) is 4.93. The summed E-state index contributed by atoms with van der Waals surface area (Å²) in [5.74, 6) is 0.267. The molecule has 0 saturated heterocycles. The van der Waals surface area contributed by atoms with Crippen molar-refractivity contribution in [3.05, 3.63) is 76.8 Å². The van der Waals surface area contributed by atoms with Gasteiger partial charge in [0.1, 0.15) is 12.4 Å². The van der Waals surface area contributed by atoms with E-state index in [0.29, 0.717) is 24.5 Å². The third-order valence-electron chi connectivity index (χ3n) is 4.70. The Labute approximate surface area is 164 Å². The van der Waals surface area contributed by atoms with Crippen LogP contribution in [0, 0.1) is 5.92 Å². The van der Waals surface area contributed by atoms with Crippen LogP contribution in [0.5, 0.6) is 5.75 Å². The SMILES string of the molecule is CC(CC1(Cc2ccc(OCc3cccc(Cl)c3)cc2)C=CC=N1)C(N)=O. The fourth-order valence-electron chi connectivity index (χ4n) is 3.24. The number of rotatable bonds is 8. The lowest BCUT2D eigenvalue weighted by Gasteiger charge is -2.26. The number of amides is 1. The summed E-state index contributed by atoms with van der Waals surface area (Å²) in [5, 5.41) is 0.701. The van der Waals surface area contributed by atoms with Crippen LogP contribution in [0.2, 0.25) is 5.02 Å². The Morgan fingerprint density at radius 3 is 2.63 bits per heavy atom. The van der Waals surface area contributed by atoms with Gasteiger partial charge in [-0.2, -0.15) is 0 Å². The molecule has 27 heavy (non-hydrogen) atoms. The minimum Gasteiger partial charge on any atom is -0.489 e. The Balaban J connectivity index is 1.63. The maximum absolute atomic E-state index is 11.5. The highest BCUT2D eigenvalue weighted by Crippen LogP contribution is 2.30. The van der Waals surface area contributed by atoms with E-state index in [2.05, 4.69) is 11.1 Å². The minimum absolute atomic E-state index is 0.231. The molecule has 2 aromatic rings. The van der Waals surface area contributed by atoms with E-state index in [1.807, 2.05) is 61.5 Å². The Morgan fingerprint density at radius 1 is 1.22 bits per heavy atom. The summed E-state index contributed by atoms with van der Waals surface area (Å²) >= 11 is 6.00. The lowest BCUT2D eigenvalue weighted by molar-refractivity contribution is -0.121. The first-order valence-electron chi connectivity index (χ1n) is 8.94. The summed E-state index contributed by atoms with van der Waals surface area (Å²) in [5.41, 5.74) is 7.19. The molecule has 1 aliphatic rings. The first-order chi connectivity index (χ1) is 13.0. The van der Waals surface area contributed by atoms with Gasteiger partial charge >= 0.3 is 0 Å². The van der Waals surface area contributed by atoms with Gasteiger partial charge in [-0.15, -0.1) is 0 Å². The van der Waals surface area contributed by atoms with E-state index in [9.17, 15) is 4.79 Å². The molecule has 0 aliphatic carbocycles. The predicted molar refractivity (Wildman–Crippen MR) is 109 cm³/mol. The first kappa shape index (κ1) is 19.2. The average Bonchev–Trinajstić information content (AvgIpc) is 3.09. The maximum atomic E-state index is 11.5. The molecular formula is C22H23ClN2O2. The molecule has 0 spiro atoms. The molecule has 4 nitrogen and oxygen atoms in total. The zero-order chi connectivity index (χ0) is 19.3. The van der Waals surface area contributed by atoms with Gasteiger partial charge < -0.3 is 10.5 Å². The molecule has 2 atom stereocenters. The van der Waals surface area contributed by atoms with Crippen LogP contribution < -0.4 is 10.5 Å². The van der Waals surface area contributed by atoms with Gasteiger partial charge in [-0.05, 0) is 47.9 Å². The zero-order valence-corrected chi connectivity index (χ0v) is 16.0. The number of carbonyl (C=O) groups is 1. The third kappa shape index (κ3) is 5.20. The Kier molecular flexibility index (Phi) is 5.97. The number of hydrogen-bond acceptors (Lipinski definition) is 3. The van der Waals surface area contributed by atoms with Crippen molar-refractivity contribution in [1.82, 2.24) is 0 Å². The second-order valence-corrected chi connectivity index (χ2v) is 7.42. The van der Waals surface area contributed by atoms with Gasteiger partial charge in [0.05, 0.1) is 5.54 Å². The zero-order valence-electron chi connectivity index (χ0n) is 15.3. The van der Waals surface area contributed by atoms with Crippen molar-refractivity contribution in [3.8, 4) is 5.75 Å². The van der Waals surface area contributed by atoms with Gasteiger partial charge in [-0.1, -0.05) is 48.9 Å². The van der Waals surface area contributed by atoms with E-state index < -0.39 is 5.54 Å². The van der Waals surface area contributed by atoms with Crippen molar-refractivity contribution in [3.63, 3.8) is 0 Å². The highest BCUT2D eigenvalue weighted by molar-refractivity contribution is 6.30. The molecule has 1 aliphatic heterocycles. The maximum Gasteiger partial charge on any atom is 0.220 e. The average molecular weight is 383 g/mol. The number of nitrogens with zero attached hydrogens (tertiary/aromatic N) is 1. The summed E-state index contributed by atoms with van der Waals surface area (Å²) in [6.45, 7) is 2.31.